The van der Waals surface area contributed by atoms with Crippen LogP contribution in [-0.2, 0) is 6.54 Å². The van der Waals surface area contributed by atoms with Crippen LogP contribution in [0.4, 0.5) is 0 Å². The molecule has 1 aliphatic carbocycles. The predicted octanol–water partition coefficient (Wildman–Crippen LogP) is 1.81. The third-order valence-electron chi connectivity index (χ3n) is 3.65. The molecule has 3 rings (SSSR count). The van der Waals surface area contributed by atoms with E-state index in [1.54, 1.807) is 6.20 Å². The van der Waals surface area contributed by atoms with E-state index in [-0.39, 0.29) is 0 Å². The molecule has 0 atom stereocenters. The van der Waals surface area contributed by atoms with Gasteiger partial charge in [0.25, 0.3) is 0 Å². The maximum atomic E-state index is 3.95. The van der Waals surface area contributed by atoms with Crippen molar-refractivity contribution in [2.75, 3.05) is 6.54 Å². The number of rotatable bonds is 5. The highest BCUT2D eigenvalue weighted by Gasteiger charge is 2.29. The Bertz CT molecular complexity index is 460. The standard InChI is InChI=1S/C14H18N4/c1-2-4-12(5-3-1)13-10-14(11-13)15-6-8-18-9-7-16-17-18/h1-5,7,9,13-15H,6,8,10-11H2. The molecule has 4 heteroatoms. The molecule has 1 aromatic carbocycles. The van der Waals surface area contributed by atoms with Crippen molar-refractivity contribution in [3.8, 4) is 0 Å². The van der Waals surface area contributed by atoms with E-state index in [1.165, 1.54) is 18.4 Å². The van der Waals surface area contributed by atoms with Gasteiger partial charge in [-0.15, -0.1) is 5.10 Å². The van der Waals surface area contributed by atoms with Crippen molar-refractivity contribution in [2.24, 2.45) is 0 Å². The summed E-state index contributed by atoms with van der Waals surface area (Å²) in [7, 11) is 0. The van der Waals surface area contributed by atoms with E-state index in [0.29, 0.717) is 6.04 Å². The van der Waals surface area contributed by atoms with E-state index in [4.69, 9.17) is 0 Å². The van der Waals surface area contributed by atoms with Crippen LogP contribution in [0, 0.1) is 0 Å². The quantitative estimate of drug-likeness (QED) is 0.869. The molecule has 0 spiro atoms. The monoisotopic (exact) mass is 242 g/mol. The maximum absolute atomic E-state index is 3.95. The normalized spacial score (nSPS) is 22.7. The topological polar surface area (TPSA) is 42.7 Å². The van der Waals surface area contributed by atoms with Crippen LogP contribution in [0.5, 0.6) is 0 Å². The molecule has 0 unspecified atom stereocenters. The summed E-state index contributed by atoms with van der Waals surface area (Å²) in [6, 6.07) is 11.5. The first-order valence-corrected chi connectivity index (χ1v) is 6.54. The molecule has 4 nitrogen and oxygen atoms in total. The number of nitrogens with zero attached hydrogens (tertiary/aromatic N) is 3. The van der Waals surface area contributed by atoms with Gasteiger partial charge in [-0.25, -0.2) is 0 Å². The number of hydrogen-bond acceptors (Lipinski definition) is 3. The van der Waals surface area contributed by atoms with E-state index < -0.39 is 0 Å². The van der Waals surface area contributed by atoms with E-state index in [0.717, 1.165) is 19.0 Å². The summed E-state index contributed by atoms with van der Waals surface area (Å²) in [5, 5.41) is 11.3. The summed E-state index contributed by atoms with van der Waals surface area (Å²) >= 11 is 0. The van der Waals surface area contributed by atoms with Crippen molar-refractivity contribution >= 4 is 0 Å². The first-order chi connectivity index (χ1) is 8.92. The molecular formula is C14H18N4. The molecule has 1 heterocycles. The molecule has 1 aromatic heterocycles. The first kappa shape index (κ1) is 11.4. The largest absolute Gasteiger partial charge is 0.312 e. The van der Waals surface area contributed by atoms with E-state index in [1.807, 2.05) is 10.9 Å². The summed E-state index contributed by atoms with van der Waals surface area (Å²) < 4.78 is 1.86. The van der Waals surface area contributed by atoms with Gasteiger partial charge in [-0.3, -0.25) is 4.68 Å². The molecule has 0 saturated heterocycles. The van der Waals surface area contributed by atoms with Crippen LogP contribution in [0.2, 0.25) is 0 Å². The SMILES string of the molecule is c1ccc(C2CC(NCCn3ccnn3)C2)cc1. The molecule has 0 radical (unpaired) electrons. The van der Waals surface area contributed by atoms with Crippen LogP contribution in [0.15, 0.2) is 42.7 Å². The van der Waals surface area contributed by atoms with Gasteiger partial charge in [-0.05, 0) is 24.3 Å². The Hall–Kier alpha value is -1.68. The van der Waals surface area contributed by atoms with Gasteiger partial charge in [0.1, 0.15) is 0 Å². The van der Waals surface area contributed by atoms with Crippen LogP contribution in [0.3, 0.4) is 0 Å². The fourth-order valence-corrected chi connectivity index (χ4v) is 2.52. The third kappa shape index (κ3) is 2.59. The number of aromatic nitrogens is 3. The molecule has 94 valence electrons. The average Bonchev–Trinajstić information content (AvgIpc) is 2.86. The summed E-state index contributed by atoms with van der Waals surface area (Å²) in [5.74, 6) is 0.745. The number of benzene rings is 1. The summed E-state index contributed by atoms with van der Waals surface area (Å²) in [5.41, 5.74) is 1.48. The van der Waals surface area contributed by atoms with Gasteiger partial charge in [0.05, 0.1) is 12.7 Å². The smallest absolute Gasteiger partial charge is 0.0692 e. The van der Waals surface area contributed by atoms with Crippen LogP contribution in [0.1, 0.15) is 24.3 Å². The van der Waals surface area contributed by atoms with E-state index >= 15 is 0 Å². The Labute approximate surface area is 107 Å². The van der Waals surface area contributed by atoms with Gasteiger partial charge in [-0.1, -0.05) is 35.5 Å². The zero-order valence-corrected chi connectivity index (χ0v) is 10.4. The van der Waals surface area contributed by atoms with Crippen LogP contribution in [-0.4, -0.2) is 27.6 Å². The second-order valence-electron chi connectivity index (χ2n) is 4.90. The average molecular weight is 242 g/mol. The molecule has 1 fully saturated rings. The lowest BCUT2D eigenvalue weighted by atomic mass is 9.76. The van der Waals surface area contributed by atoms with Crippen molar-refractivity contribution in [1.29, 1.82) is 0 Å². The second kappa shape index (κ2) is 5.31. The zero-order chi connectivity index (χ0) is 12.2. The molecule has 0 aliphatic heterocycles. The maximum Gasteiger partial charge on any atom is 0.0692 e. The lowest BCUT2D eigenvalue weighted by Gasteiger charge is -2.36. The molecular weight excluding hydrogens is 224 g/mol. The molecule has 0 bridgehead atoms. The minimum Gasteiger partial charge on any atom is -0.312 e. The fraction of sp³-hybridized carbons (Fsp3) is 0.429. The summed E-state index contributed by atoms with van der Waals surface area (Å²) in [6.07, 6.45) is 6.12. The van der Waals surface area contributed by atoms with Gasteiger partial charge in [-0.2, -0.15) is 0 Å². The van der Waals surface area contributed by atoms with Gasteiger partial charge in [0, 0.05) is 18.8 Å². The van der Waals surface area contributed by atoms with Crippen molar-refractivity contribution < 1.29 is 0 Å². The molecule has 1 aliphatic rings. The third-order valence-corrected chi connectivity index (χ3v) is 3.65. The highest BCUT2D eigenvalue weighted by atomic mass is 15.4. The van der Waals surface area contributed by atoms with Gasteiger partial charge >= 0.3 is 0 Å². The second-order valence-corrected chi connectivity index (χ2v) is 4.90. The Kier molecular flexibility index (Phi) is 3.37. The van der Waals surface area contributed by atoms with Crippen LogP contribution < -0.4 is 5.32 Å². The minimum atomic E-state index is 0.665. The minimum absolute atomic E-state index is 0.665. The lowest BCUT2D eigenvalue weighted by molar-refractivity contribution is 0.286. The Balaban J connectivity index is 1.38. The van der Waals surface area contributed by atoms with E-state index in [2.05, 4.69) is 46.0 Å². The predicted molar refractivity (Wildman–Crippen MR) is 70.2 cm³/mol. The van der Waals surface area contributed by atoms with Crippen molar-refractivity contribution in [3.05, 3.63) is 48.3 Å². The molecule has 18 heavy (non-hydrogen) atoms. The highest BCUT2D eigenvalue weighted by molar-refractivity contribution is 5.22. The fourth-order valence-electron chi connectivity index (χ4n) is 2.52. The van der Waals surface area contributed by atoms with Gasteiger partial charge < -0.3 is 5.32 Å². The van der Waals surface area contributed by atoms with E-state index in [9.17, 15) is 0 Å². The molecule has 1 saturated carbocycles. The van der Waals surface area contributed by atoms with Gasteiger partial charge in [0.2, 0.25) is 0 Å². The molecule has 2 aromatic rings. The van der Waals surface area contributed by atoms with Crippen molar-refractivity contribution in [3.63, 3.8) is 0 Å². The zero-order valence-electron chi connectivity index (χ0n) is 10.4. The highest BCUT2D eigenvalue weighted by Crippen LogP contribution is 2.36. The summed E-state index contributed by atoms with van der Waals surface area (Å²) in [6.45, 7) is 1.86. The lowest BCUT2D eigenvalue weighted by Crippen LogP contribution is -2.41. The van der Waals surface area contributed by atoms with Crippen molar-refractivity contribution in [2.45, 2.75) is 31.3 Å². The van der Waals surface area contributed by atoms with Crippen molar-refractivity contribution in [1.82, 2.24) is 20.3 Å². The van der Waals surface area contributed by atoms with Crippen LogP contribution in [0.25, 0.3) is 0 Å². The van der Waals surface area contributed by atoms with Gasteiger partial charge in [0.15, 0.2) is 0 Å². The Morgan fingerprint density at radius 1 is 1.22 bits per heavy atom. The first-order valence-electron chi connectivity index (χ1n) is 6.54. The number of hydrogen-bond donors (Lipinski definition) is 1. The summed E-state index contributed by atoms with van der Waals surface area (Å²) in [4.78, 5) is 0. The molecule has 0 amide bonds. The molecule has 1 N–H and O–H groups in total. The number of nitrogens with one attached hydrogen (secondary N) is 1. The Morgan fingerprint density at radius 3 is 2.78 bits per heavy atom. The Morgan fingerprint density at radius 2 is 2.06 bits per heavy atom. The van der Waals surface area contributed by atoms with Crippen LogP contribution >= 0.6 is 0 Å².